The second kappa shape index (κ2) is 6.65. The lowest BCUT2D eigenvalue weighted by Gasteiger charge is -2.36. The van der Waals surface area contributed by atoms with Crippen molar-refractivity contribution >= 4 is 53.5 Å². The summed E-state index contributed by atoms with van der Waals surface area (Å²) in [6, 6.07) is 4.65. The molecular weight excluding hydrogens is 429 g/mol. The van der Waals surface area contributed by atoms with Crippen LogP contribution in [0.25, 0.3) is 0 Å². The molecule has 1 aromatic rings. The van der Waals surface area contributed by atoms with Gasteiger partial charge in [0.15, 0.2) is 0 Å². The quantitative estimate of drug-likeness (QED) is 0.695. The highest BCUT2D eigenvalue weighted by molar-refractivity contribution is 9.10. The Morgan fingerprint density at radius 1 is 1.25 bits per heavy atom. The lowest BCUT2D eigenvalue weighted by atomic mass is 9.84. The summed E-state index contributed by atoms with van der Waals surface area (Å²) in [6.07, 6.45) is 5.01. The van der Waals surface area contributed by atoms with E-state index in [1.165, 1.54) is 18.6 Å². The topological polar surface area (TPSA) is 46.2 Å². The molecule has 3 nitrogen and oxygen atoms in total. The molecule has 0 saturated heterocycles. The van der Waals surface area contributed by atoms with Crippen LogP contribution in [-0.4, -0.2) is 19.3 Å². The average Bonchev–Trinajstić information content (AvgIpc) is 2.42. The molecule has 0 aromatic heterocycles. The lowest BCUT2D eigenvalue weighted by Crippen LogP contribution is -2.51. The minimum Gasteiger partial charge on any atom is -0.207 e. The van der Waals surface area contributed by atoms with Gasteiger partial charge in [0.05, 0.1) is 9.92 Å². The van der Waals surface area contributed by atoms with Crippen molar-refractivity contribution in [2.75, 3.05) is 5.33 Å². The molecule has 7 heteroatoms. The van der Waals surface area contributed by atoms with Crippen LogP contribution in [-0.2, 0) is 10.0 Å². The van der Waals surface area contributed by atoms with Crippen LogP contribution in [0, 0.1) is 0 Å². The maximum absolute atomic E-state index is 12.5. The third-order valence-electron chi connectivity index (χ3n) is 3.62. The van der Waals surface area contributed by atoms with E-state index < -0.39 is 10.0 Å². The van der Waals surface area contributed by atoms with Crippen LogP contribution in [0.1, 0.15) is 32.1 Å². The molecule has 1 aromatic carbocycles. The molecule has 0 spiro atoms. The van der Waals surface area contributed by atoms with Crippen molar-refractivity contribution < 1.29 is 8.42 Å². The SMILES string of the molecule is O=S(=O)(NC1(CBr)CCCCC1)c1ccc(Cl)c(Br)c1. The summed E-state index contributed by atoms with van der Waals surface area (Å²) in [5.41, 5.74) is -0.372. The number of hydrogen-bond acceptors (Lipinski definition) is 2. The first kappa shape index (κ1) is 16.7. The third-order valence-corrected chi connectivity index (χ3v) is 7.48. The van der Waals surface area contributed by atoms with E-state index in [-0.39, 0.29) is 10.4 Å². The average molecular weight is 446 g/mol. The molecule has 0 bridgehead atoms. The fourth-order valence-corrected chi connectivity index (χ4v) is 5.50. The van der Waals surface area contributed by atoms with E-state index in [1.807, 2.05) is 0 Å². The number of sulfonamides is 1. The van der Waals surface area contributed by atoms with Crippen LogP contribution in [0.15, 0.2) is 27.6 Å². The Bertz CT molecular complexity index is 586. The number of nitrogens with one attached hydrogen (secondary N) is 1. The minimum atomic E-state index is -3.54. The number of hydrogen-bond donors (Lipinski definition) is 1. The van der Waals surface area contributed by atoms with E-state index in [1.54, 1.807) is 6.07 Å². The molecule has 1 fully saturated rings. The summed E-state index contributed by atoms with van der Waals surface area (Å²) in [5.74, 6) is 0. The first-order valence-electron chi connectivity index (χ1n) is 6.44. The van der Waals surface area contributed by atoms with Gasteiger partial charge in [0, 0.05) is 15.3 Å². The van der Waals surface area contributed by atoms with Crippen LogP contribution >= 0.6 is 43.5 Å². The summed E-state index contributed by atoms with van der Waals surface area (Å²) >= 11 is 12.6. The Labute approximate surface area is 141 Å². The summed E-state index contributed by atoms with van der Waals surface area (Å²) in [6.45, 7) is 0. The van der Waals surface area contributed by atoms with Crippen molar-refractivity contribution in [1.82, 2.24) is 4.72 Å². The van der Waals surface area contributed by atoms with E-state index in [0.717, 1.165) is 25.7 Å². The molecule has 112 valence electrons. The number of alkyl halides is 1. The van der Waals surface area contributed by atoms with Gasteiger partial charge in [-0.25, -0.2) is 13.1 Å². The third kappa shape index (κ3) is 3.77. The number of benzene rings is 1. The van der Waals surface area contributed by atoms with Crippen molar-refractivity contribution in [3.63, 3.8) is 0 Å². The van der Waals surface area contributed by atoms with Crippen molar-refractivity contribution in [3.05, 3.63) is 27.7 Å². The van der Waals surface area contributed by atoms with Crippen molar-refractivity contribution in [2.24, 2.45) is 0 Å². The van der Waals surface area contributed by atoms with Gasteiger partial charge >= 0.3 is 0 Å². The number of rotatable bonds is 4. The smallest absolute Gasteiger partial charge is 0.207 e. The molecule has 2 rings (SSSR count). The van der Waals surface area contributed by atoms with E-state index in [0.29, 0.717) is 14.8 Å². The summed E-state index contributed by atoms with van der Waals surface area (Å²) < 4.78 is 28.5. The molecule has 1 aliphatic carbocycles. The van der Waals surface area contributed by atoms with E-state index in [9.17, 15) is 8.42 Å². The van der Waals surface area contributed by atoms with E-state index in [2.05, 4.69) is 36.6 Å². The summed E-state index contributed by atoms with van der Waals surface area (Å²) in [4.78, 5) is 0.236. The molecule has 0 aliphatic heterocycles. The first-order chi connectivity index (χ1) is 9.38. The largest absolute Gasteiger partial charge is 0.241 e. The Balaban J connectivity index is 2.27. The monoisotopic (exact) mass is 443 g/mol. The zero-order valence-electron chi connectivity index (χ0n) is 10.8. The molecule has 1 N–H and O–H groups in total. The van der Waals surface area contributed by atoms with Gasteiger partial charge in [0.2, 0.25) is 10.0 Å². The summed E-state index contributed by atoms with van der Waals surface area (Å²) in [7, 11) is -3.54. The molecule has 1 saturated carbocycles. The molecule has 0 radical (unpaired) electrons. The Kier molecular flexibility index (Phi) is 5.57. The fraction of sp³-hybridized carbons (Fsp3) is 0.538. The Hall–Kier alpha value is 0.380. The van der Waals surface area contributed by atoms with Gasteiger partial charge in [-0.15, -0.1) is 0 Å². The first-order valence-corrected chi connectivity index (χ1v) is 10.2. The highest BCUT2D eigenvalue weighted by Gasteiger charge is 2.35. The molecule has 0 unspecified atom stereocenters. The minimum absolute atomic E-state index is 0.236. The summed E-state index contributed by atoms with van der Waals surface area (Å²) in [5, 5.41) is 1.13. The second-order valence-corrected chi connectivity index (χ2v) is 8.66. The van der Waals surface area contributed by atoms with Crippen molar-refractivity contribution in [1.29, 1.82) is 0 Å². The van der Waals surface area contributed by atoms with Crippen LogP contribution in [0.3, 0.4) is 0 Å². The lowest BCUT2D eigenvalue weighted by molar-refractivity contribution is 0.301. The Morgan fingerprint density at radius 3 is 2.45 bits per heavy atom. The van der Waals surface area contributed by atoms with E-state index >= 15 is 0 Å². The zero-order chi connectivity index (χ0) is 14.8. The van der Waals surface area contributed by atoms with Gasteiger partial charge in [0.1, 0.15) is 0 Å². The van der Waals surface area contributed by atoms with Crippen molar-refractivity contribution in [2.45, 2.75) is 42.5 Å². The van der Waals surface area contributed by atoms with Crippen LogP contribution in [0.5, 0.6) is 0 Å². The maximum atomic E-state index is 12.5. The van der Waals surface area contributed by atoms with Gasteiger partial charge < -0.3 is 0 Å². The van der Waals surface area contributed by atoms with E-state index in [4.69, 9.17) is 11.6 Å². The second-order valence-electron chi connectivity index (χ2n) is 5.16. The normalized spacial score (nSPS) is 18.9. The van der Waals surface area contributed by atoms with Crippen LogP contribution < -0.4 is 4.72 Å². The standard InChI is InChI=1S/C13H16Br2ClNO2S/c14-9-13(6-2-1-3-7-13)17-20(18,19)10-4-5-12(16)11(15)8-10/h4-5,8,17H,1-3,6-7,9H2. The van der Waals surface area contributed by atoms with Crippen molar-refractivity contribution in [3.8, 4) is 0 Å². The molecular formula is C13H16Br2ClNO2S. The van der Waals surface area contributed by atoms with Crippen LogP contribution in [0.4, 0.5) is 0 Å². The predicted octanol–water partition coefficient (Wildman–Crippen LogP) is 4.48. The molecule has 1 aliphatic rings. The molecule has 0 heterocycles. The Morgan fingerprint density at radius 2 is 1.90 bits per heavy atom. The van der Waals surface area contributed by atoms with Gasteiger partial charge in [-0.1, -0.05) is 46.8 Å². The highest BCUT2D eigenvalue weighted by atomic mass is 79.9. The number of halogens is 3. The van der Waals surface area contributed by atoms with Gasteiger partial charge in [-0.2, -0.15) is 0 Å². The molecule has 20 heavy (non-hydrogen) atoms. The zero-order valence-corrected chi connectivity index (χ0v) is 15.6. The van der Waals surface area contributed by atoms with Crippen LogP contribution in [0.2, 0.25) is 5.02 Å². The van der Waals surface area contributed by atoms with Gasteiger partial charge in [-0.05, 0) is 47.0 Å². The highest BCUT2D eigenvalue weighted by Crippen LogP contribution is 2.32. The maximum Gasteiger partial charge on any atom is 0.241 e. The fourth-order valence-electron chi connectivity index (χ4n) is 2.48. The predicted molar refractivity (Wildman–Crippen MR) is 89.1 cm³/mol. The molecule has 0 atom stereocenters. The molecule has 0 amide bonds. The van der Waals surface area contributed by atoms with Gasteiger partial charge in [-0.3, -0.25) is 0 Å². The van der Waals surface area contributed by atoms with Gasteiger partial charge in [0.25, 0.3) is 0 Å².